The van der Waals surface area contributed by atoms with Gasteiger partial charge in [-0.3, -0.25) is 0 Å². The van der Waals surface area contributed by atoms with Crippen LogP contribution in [0.1, 0.15) is 24.6 Å². The average molecular weight is 227 g/mol. The normalized spacial score (nSPS) is 12.0. The predicted molar refractivity (Wildman–Crippen MR) is 64.4 cm³/mol. The number of benzene rings is 1. The Kier molecular flexibility index (Phi) is 3.53. The maximum absolute atomic E-state index is 9.80. The van der Waals surface area contributed by atoms with Crippen LogP contribution in [0.25, 0.3) is 5.69 Å². The molecule has 1 aromatic heterocycles. The number of aromatic nitrogens is 3. The van der Waals surface area contributed by atoms with Gasteiger partial charge in [-0.25, -0.2) is 0 Å². The van der Waals surface area contributed by atoms with Gasteiger partial charge in [-0.2, -0.15) is 15.0 Å². The molecule has 1 unspecified atom stereocenters. The van der Waals surface area contributed by atoms with Gasteiger partial charge in [0.05, 0.1) is 11.9 Å². The molecule has 1 N–H and O–H groups in total. The standard InChI is InChI=1S/C13H13N3O/c1-2-3-9-13(17)12-10-14-16(15-12)11-7-5-4-6-8-11/h1,4-8,10,13,17H,3,9H2. The van der Waals surface area contributed by atoms with Crippen molar-refractivity contribution in [1.29, 1.82) is 0 Å². The first kappa shape index (κ1) is 11.4. The molecule has 17 heavy (non-hydrogen) atoms. The van der Waals surface area contributed by atoms with Crippen molar-refractivity contribution in [3.8, 4) is 18.0 Å². The van der Waals surface area contributed by atoms with Gasteiger partial charge in [0, 0.05) is 6.42 Å². The van der Waals surface area contributed by atoms with Crippen LogP contribution in [0.2, 0.25) is 0 Å². The molecule has 1 heterocycles. The first-order chi connectivity index (χ1) is 8.31. The SMILES string of the molecule is C#CCCC(O)c1cnn(-c2ccccc2)n1. The van der Waals surface area contributed by atoms with Crippen LogP contribution in [0.15, 0.2) is 36.5 Å². The molecule has 0 amide bonds. The summed E-state index contributed by atoms with van der Waals surface area (Å²) in [7, 11) is 0. The minimum Gasteiger partial charge on any atom is -0.387 e. The summed E-state index contributed by atoms with van der Waals surface area (Å²) in [5.41, 5.74) is 1.41. The molecule has 1 atom stereocenters. The van der Waals surface area contributed by atoms with Crippen molar-refractivity contribution in [1.82, 2.24) is 15.0 Å². The lowest BCUT2D eigenvalue weighted by molar-refractivity contribution is 0.164. The largest absolute Gasteiger partial charge is 0.387 e. The van der Waals surface area contributed by atoms with Crippen LogP contribution in [0.3, 0.4) is 0 Å². The fourth-order valence-electron chi connectivity index (χ4n) is 1.48. The summed E-state index contributed by atoms with van der Waals surface area (Å²) in [5, 5.41) is 18.1. The molecule has 0 aliphatic rings. The van der Waals surface area contributed by atoms with Crippen LogP contribution in [0.5, 0.6) is 0 Å². The van der Waals surface area contributed by atoms with Crippen LogP contribution >= 0.6 is 0 Å². The maximum atomic E-state index is 9.80. The van der Waals surface area contributed by atoms with E-state index < -0.39 is 6.10 Å². The van der Waals surface area contributed by atoms with Crippen molar-refractivity contribution in [3.05, 3.63) is 42.2 Å². The molecule has 0 spiro atoms. The zero-order valence-electron chi connectivity index (χ0n) is 9.32. The second kappa shape index (κ2) is 5.28. The monoisotopic (exact) mass is 227 g/mol. The number of hydrogen-bond acceptors (Lipinski definition) is 3. The Morgan fingerprint density at radius 3 is 2.82 bits per heavy atom. The van der Waals surface area contributed by atoms with Crippen molar-refractivity contribution in [2.45, 2.75) is 18.9 Å². The van der Waals surface area contributed by atoms with Crippen molar-refractivity contribution in [3.63, 3.8) is 0 Å². The molecule has 4 nitrogen and oxygen atoms in total. The second-order valence-electron chi connectivity index (χ2n) is 3.65. The smallest absolute Gasteiger partial charge is 0.112 e. The Hall–Kier alpha value is -2.12. The molecule has 0 saturated heterocycles. The Balaban J connectivity index is 2.14. The number of hydrogen-bond donors (Lipinski definition) is 1. The summed E-state index contributed by atoms with van der Waals surface area (Å²) in [6, 6.07) is 9.55. The van der Waals surface area contributed by atoms with E-state index in [1.165, 1.54) is 4.80 Å². The number of para-hydroxylation sites is 1. The molecule has 4 heteroatoms. The highest BCUT2D eigenvalue weighted by molar-refractivity contribution is 5.28. The van der Waals surface area contributed by atoms with Gasteiger partial charge in [0.1, 0.15) is 11.8 Å². The number of aliphatic hydroxyl groups excluding tert-OH is 1. The third kappa shape index (κ3) is 2.71. The van der Waals surface area contributed by atoms with Crippen LogP contribution in [0.4, 0.5) is 0 Å². The van der Waals surface area contributed by atoms with E-state index in [0.717, 1.165) is 5.69 Å². The third-order valence-electron chi connectivity index (χ3n) is 2.40. The summed E-state index contributed by atoms with van der Waals surface area (Å²) >= 11 is 0. The first-order valence-electron chi connectivity index (χ1n) is 5.40. The van der Waals surface area contributed by atoms with Gasteiger partial charge in [-0.1, -0.05) is 18.2 Å². The zero-order valence-corrected chi connectivity index (χ0v) is 9.32. The molecule has 86 valence electrons. The molecule has 0 aliphatic carbocycles. The fraction of sp³-hybridized carbons (Fsp3) is 0.231. The van der Waals surface area contributed by atoms with Crippen LogP contribution in [0, 0.1) is 12.3 Å². The number of nitrogens with zero attached hydrogens (tertiary/aromatic N) is 3. The van der Waals surface area contributed by atoms with Crippen LogP contribution in [-0.4, -0.2) is 20.1 Å². The van der Waals surface area contributed by atoms with Gasteiger partial charge in [-0.05, 0) is 18.6 Å². The van der Waals surface area contributed by atoms with Gasteiger partial charge in [0.2, 0.25) is 0 Å². The lowest BCUT2D eigenvalue weighted by Gasteiger charge is -2.03. The molecule has 0 radical (unpaired) electrons. The van der Waals surface area contributed by atoms with Gasteiger partial charge in [0.15, 0.2) is 0 Å². The molecule has 2 aromatic rings. The van der Waals surface area contributed by atoms with E-state index >= 15 is 0 Å². The van der Waals surface area contributed by atoms with Gasteiger partial charge >= 0.3 is 0 Å². The first-order valence-corrected chi connectivity index (χ1v) is 5.40. The maximum Gasteiger partial charge on any atom is 0.112 e. The Labute approximate surface area is 99.9 Å². The molecule has 0 fully saturated rings. The summed E-state index contributed by atoms with van der Waals surface area (Å²) < 4.78 is 0. The fourth-order valence-corrected chi connectivity index (χ4v) is 1.48. The zero-order chi connectivity index (χ0) is 12.1. The number of rotatable bonds is 4. The summed E-state index contributed by atoms with van der Waals surface area (Å²) in [4.78, 5) is 1.49. The van der Waals surface area contributed by atoms with Crippen molar-refractivity contribution < 1.29 is 5.11 Å². The third-order valence-corrected chi connectivity index (χ3v) is 2.40. The van der Waals surface area contributed by atoms with E-state index in [1.807, 2.05) is 30.3 Å². The Morgan fingerprint density at radius 2 is 2.12 bits per heavy atom. The average Bonchev–Trinajstić information content (AvgIpc) is 2.86. The minimum absolute atomic E-state index is 0.504. The molecular formula is C13H13N3O. The van der Waals surface area contributed by atoms with Crippen LogP contribution < -0.4 is 0 Å². The highest BCUT2D eigenvalue weighted by Gasteiger charge is 2.11. The number of terminal acetylenes is 1. The summed E-state index contributed by atoms with van der Waals surface area (Å²) in [6.45, 7) is 0. The molecule has 0 saturated carbocycles. The predicted octanol–water partition coefficient (Wildman–Crippen LogP) is 1.71. The van der Waals surface area contributed by atoms with E-state index in [1.54, 1.807) is 6.20 Å². The van der Waals surface area contributed by atoms with Gasteiger partial charge in [0.25, 0.3) is 0 Å². The summed E-state index contributed by atoms with van der Waals surface area (Å²) in [5.74, 6) is 2.49. The van der Waals surface area contributed by atoms with Gasteiger partial charge in [-0.15, -0.1) is 12.3 Å². The molecule has 1 aromatic carbocycles. The minimum atomic E-state index is -0.650. The quantitative estimate of drug-likeness (QED) is 0.809. The highest BCUT2D eigenvalue weighted by atomic mass is 16.3. The molecule has 0 aliphatic heterocycles. The molecule has 2 rings (SSSR count). The number of aliphatic hydroxyl groups is 1. The Bertz CT molecular complexity index is 513. The topological polar surface area (TPSA) is 50.9 Å². The van der Waals surface area contributed by atoms with E-state index in [9.17, 15) is 5.11 Å². The van der Waals surface area contributed by atoms with Crippen molar-refractivity contribution >= 4 is 0 Å². The van der Waals surface area contributed by atoms with Crippen LogP contribution in [-0.2, 0) is 0 Å². The lowest BCUT2D eigenvalue weighted by Crippen LogP contribution is -2.01. The summed E-state index contributed by atoms with van der Waals surface area (Å²) in [6.07, 6.45) is 7.09. The van der Waals surface area contributed by atoms with E-state index in [2.05, 4.69) is 16.1 Å². The molecule has 0 bridgehead atoms. The van der Waals surface area contributed by atoms with Gasteiger partial charge < -0.3 is 5.11 Å². The highest BCUT2D eigenvalue weighted by Crippen LogP contribution is 2.15. The molecular weight excluding hydrogens is 214 g/mol. The lowest BCUT2D eigenvalue weighted by atomic mass is 10.1. The van der Waals surface area contributed by atoms with E-state index in [0.29, 0.717) is 18.5 Å². The van der Waals surface area contributed by atoms with E-state index in [-0.39, 0.29) is 0 Å². The Morgan fingerprint density at radius 1 is 1.35 bits per heavy atom. The van der Waals surface area contributed by atoms with Crippen molar-refractivity contribution in [2.75, 3.05) is 0 Å². The van der Waals surface area contributed by atoms with Crippen molar-refractivity contribution in [2.24, 2.45) is 0 Å². The van der Waals surface area contributed by atoms with E-state index in [4.69, 9.17) is 6.42 Å². The second-order valence-corrected chi connectivity index (χ2v) is 3.65.